The molecule has 2 aromatic rings. The Morgan fingerprint density at radius 2 is 1.48 bits per heavy atom. The highest BCUT2D eigenvalue weighted by Gasteiger charge is 2.43. The van der Waals surface area contributed by atoms with Crippen molar-refractivity contribution in [3.63, 3.8) is 0 Å². The molecule has 0 bridgehead atoms. The van der Waals surface area contributed by atoms with Crippen LogP contribution in [-0.2, 0) is 4.79 Å². The summed E-state index contributed by atoms with van der Waals surface area (Å²) < 4.78 is 0. The lowest BCUT2D eigenvalue weighted by molar-refractivity contribution is -0.126. The van der Waals surface area contributed by atoms with Gasteiger partial charge in [-0.25, -0.2) is 0 Å². The third kappa shape index (κ3) is 2.67. The number of piperidine rings is 1. The van der Waals surface area contributed by atoms with Crippen LogP contribution >= 0.6 is 0 Å². The van der Waals surface area contributed by atoms with E-state index in [0.717, 1.165) is 12.8 Å². The summed E-state index contributed by atoms with van der Waals surface area (Å²) in [4.78, 5) is 15.3. The highest BCUT2D eigenvalue weighted by Crippen LogP contribution is 2.44. The number of Topliss-reactive ketones (excluding diaryl/α,β-unsaturated/α-hetero) is 1. The third-order valence-electron chi connectivity index (χ3n) is 5.47. The van der Waals surface area contributed by atoms with Gasteiger partial charge in [-0.05, 0) is 30.5 Å². The molecule has 2 heteroatoms. The van der Waals surface area contributed by atoms with Gasteiger partial charge in [-0.2, -0.15) is 0 Å². The molecule has 2 nitrogen and oxygen atoms in total. The van der Waals surface area contributed by atoms with Gasteiger partial charge in [0.25, 0.3) is 0 Å². The molecule has 1 aliphatic carbocycles. The van der Waals surface area contributed by atoms with Gasteiger partial charge in [0.05, 0.1) is 6.04 Å². The Hall–Kier alpha value is -2.09. The van der Waals surface area contributed by atoms with Crippen molar-refractivity contribution in [3.05, 3.63) is 66.2 Å². The average Bonchev–Trinajstić information content (AvgIpc) is 2.63. The van der Waals surface area contributed by atoms with Crippen LogP contribution in [0.3, 0.4) is 0 Å². The maximum atomic E-state index is 12.8. The number of carbonyl (C=O) groups is 1. The summed E-state index contributed by atoms with van der Waals surface area (Å²) in [5.41, 5.74) is 2.51. The largest absolute Gasteiger partial charge is 0.360 e. The first kappa shape index (κ1) is 14.5. The van der Waals surface area contributed by atoms with Gasteiger partial charge >= 0.3 is 0 Å². The summed E-state index contributed by atoms with van der Waals surface area (Å²) in [6, 6.07) is 21.7. The van der Waals surface area contributed by atoms with E-state index in [1.54, 1.807) is 0 Å². The molecule has 4 rings (SSSR count). The fourth-order valence-corrected chi connectivity index (χ4v) is 4.42. The number of hydrogen-bond donors (Lipinski definition) is 0. The maximum Gasteiger partial charge on any atom is 0.140 e. The molecule has 0 unspecified atom stereocenters. The zero-order chi connectivity index (χ0) is 15.6. The standard InChI is InChI=1S/C21H23NO/c23-21-15-20(16-9-3-1-4-10-16)22(17-11-5-2-6-12-17)19-14-8-7-13-18(19)21/h1-6,9-12,18-20H,7-8,13-15H2/t18-,19+,20-/m1/s1. The minimum Gasteiger partial charge on any atom is -0.360 e. The molecule has 0 aromatic heterocycles. The van der Waals surface area contributed by atoms with E-state index in [0.29, 0.717) is 18.2 Å². The number of ketones is 1. The second kappa shape index (κ2) is 6.19. The zero-order valence-electron chi connectivity index (χ0n) is 13.4. The number of para-hydroxylation sites is 1. The number of rotatable bonds is 2. The first-order valence-electron chi connectivity index (χ1n) is 8.75. The Morgan fingerprint density at radius 1 is 0.826 bits per heavy atom. The second-order valence-corrected chi connectivity index (χ2v) is 6.80. The molecule has 0 spiro atoms. The van der Waals surface area contributed by atoms with Crippen LogP contribution in [0.5, 0.6) is 0 Å². The molecular weight excluding hydrogens is 282 g/mol. The van der Waals surface area contributed by atoms with Crippen LogP contribution in [0.4, 0.5) is 5.69 Å². The van der Waals surface area contributed by atoms with E-state index in [2.05, 4.69) is 59.5 Å². The number of benzene rings is 2. The quantitative estimate of drug-likeness (QED) is 0.797. The van der Waals surface area contributed by atoms with Gasteiger partial charge in [0.1, 0.15) is 5.78 Å². The molecule has 1 aliphatic heterocycles. The molecular formula is C21H23NO. The van der Waals surface area contributed by atoms with Crippen LogP contribution < -0.4 is 4.90 Å². The van der Waals surface area contributed by atoms with Gasteiger partial charge in [-0.15, -0.1) is 0 Å². The first-order valence-corrected chi connectivity index (χ1v) is 8.75. The predicted octanol–water partition coefficient (Wildman–Crippen LogP) is 4.77. The lowest BCUT2D eigenvalue weighted by Crippen LogP contribution is -2.52. The Bertz CT molecular complexity index is 667. The Labute approximate surface area is 138 Å². The van der Waals surface area contributed by atoms with E-state index in [1.807, 2.05) is 6.07 Å². The smallest absolute Gasteiger partial charge is 0.140 e. The van der Waals surface area contributed by atoms with E-state index in [1.165, 1.54) is 24.1 Å². The van der Waals surface area contributed by atoms with E-state index >= 15 is 0 Å². The van der Waals surface area contributed by atoms with Crippen LogP contribution in [0.25, 0.3) is 0 Å². The Kier molecular flexibility index (Phi) is 3.90. The summed E-state index contributed by atoms with van der Waals surface area (Å²) in [5, 5.41) is 0. The molecule has 2 aromatic carbocycles. The topological polar surface area (TPSA) is 20.3 Å². The van der Waals surface area contributed by atoms with Crippen molar-refractivity contribution in [1.29, 1.82) is 0 Å². The molecule has 23 heavy (non-hydrogen) atoms. The van der Waals surface area contributed by atoms with Crippen molar-refractivity contribution in [2.24, 2.45) is 5.92 Å². The maximum absolute atomic E-state index is 12.8. The Balaban J connectivity index is 1.78. The van der Waals surface area contributed by atoms with Crippen molar-refractivity contribution in [2.75, 3.05) is 4.90 Å². The van der Waals surface area contributed by atoms with Crippen LogP contribution in [0.2, 0.25) is 0 Å². The first-order chi connectivity index (χ1) is 11.3. The minimum absolute atomic E-state index is 0.172. The summed E-state index contributed by atoms with van der Waals surface area (Å²) in [7, 11) is 0. The van der Waals surface area contributed by atoms with Crippen LogP contribution in [0.1, 0.15) is 43.7 Å². The van der Waals surface area contributed by atoms with Gasteiger partial charge in [0.2, 0.25) is 0 Å². The summed E-state index contributed by atoms with van der Waals surface area (Å²) in [5.74, 6) is 0.694. The van der Waals surface area contributed by atoms with Crippen molar-refractivity contribution in [2.45, 2.75) is 44.2 Å². The van der Waals surface area contributed by atoms with Crippen LogP contribution in [-0.4, -0.2) is 11.8 Å². The molecule has 3 atom stereocenters. The highest BCUT2D eigenvalue weighted by atomic mass is 16.1. The van der Waals surface area contributed by atoms with Crippen LogP contribution in [0, 0.1) is 5.92 Å². The number of hydrogen-bond acceptors (Lipinski definition) is 2. The normalized spacial score (nSPS) is 27.6. The molecule has 1 saturated carbocycles. The van der Waals surface area contributed by atoms with E-state index in [4.69, 9.17) is 0 Å². The van der Waals surface area contributed by atoms with Gasteiger partial charge < -0.3 is 4.90 Å². The zero-order valence-corrected chi connectivity index (χ0v) is 13.4. The van der Waals surface area contributed by atoms with E-state index in [9.17, 15) is 4.79 Å². The molecule has 1 heterocycles. The summed E-state index contributed by atoms with van der Waals surface area (Å²) in [6.45, 7) is 0. The molecule has 0 radical (unpaired) electrons. The number of anilines is 1. The molecule has 2 fully saturated rings. The van der Waals surface area contributed by atoms with Crippen molar-refractivity contribution in [3.8, 4) is 0 Å². The van der Waals surface area contributed by atoms with Gasteiger partial charge in [0.15, 0.2) is 0 Å². The van der Waals surface area contributed by atoms with Crippen molar-refractivity contribution in [1.82, 2.24) is 0 Å². The van der Waals surface area contributed by atoms with Crippen molar-refractivity contribution < 1.29 is 4.79 Å². The molecule has 1 saturated heterocycles. The Morgan fingerprint density at radius 3 is 2.22 bits per heavy atom. The highest BCUT2D eigenvalue weighted by molar-refractivity contribution is 5.85. The van der Waals surface area contributed by atoms with E-state index in [-0.39, 0.29) is 12.0 Å². The molecule has 2 aliphatic rings. The molecule has 0 amide bonds. The van der Waals surface area contributed by atoms with Gasteiger partial charge in [-0.3, -0.25) is 4.79 Å². The fraction of sp³-hybridized carbons (Fsp3) is 0.381. The molecule has 118 valence electrons. The number of fused-ring (bicyclic) bond motifs is 1. The second-order valence-electron chi connectivity index (χ2n) is 6.80. The van der Waals surface area contributed by atoms with Crippen LogP contribution in [0.15, 0.2) is 60.7 Å². The molecule has 0 N–H and O–H groups in total. The number of nitrogens with zero attached hydrogens (tertiary/aromatic N) is 1. The summed E-state index contributed by atoms with van der Waals surface area (Å²) >= 11 is 0. The number of carbonyl (C=O) groups excluding carboxylic acids is 1. The van der Waals surface area contributed by atoms with Gasteiger partial charge in [0, 0.05) is 24.1 Å². The fourth-order valence-electron chi connectivity index (χ4n) is 4.42. The SMILES string of the molecule is O=C1C[C@H](c2ccccc2)N(c2ccccc2)[C@H]2CCCC[C@@H]12. The third-order valence-corrected chi connectivity index (χ3v) is 5.47. The lowest BCUT2D eigenvalue weighted by Gasteiger charge is -2.49. The van der Waals surface area contributed by atoms with Gasteiger partial charge in [-0.1, -0.05) is 61.4 Å². The summed E-state index contributed by atoms with van der Waals surface area (Å²) in [6.07, 6.45) is 5.27. The minimum atomic E-state index is 0.172. The monoisotopic (exact) mass is 305 g/mol. The van der Waals surface area contributed by atoms with E-state index < -0.39 is 0 Å². The van der Waals surface area contributed by atoms with Crippen molar-refractivity contribution >= 4 is 11.5 Å². The lowest BCUT2D eigenvalue weighted by atomic mass is 9.74. The average molecular weight is 305 g/mol. The predicted molar refractivity (Wildman–Crippen MR) is 93.5 cm³/mol.